The summed E-state index contributed by atoms with van der Waals surface area (Å²) in [5.41, 5.74) is 1.36. The third-order valence-corrected chi connectivity index (χ3v) is 2.82. The molecule has 86 valence electrons. The zero-order valence-corrected chi connectivity index (χ0v) is 9.22. The number of nitrogens with one attached hydrogen (secondary N) is 2. The molecule has 1 aromatic rings. The fourth-order valence-corrected chi connectivity index (χ4v) is 1.86. The van der Waals surface area contributed by atoms with Gasteiger partial charge in [-0.3, -0.25) is 4.79 Å². The summed E-state index contributed by atoms with van der Waals surface area (Å²) in [5, 5.41) is 5.76. The number of halogens is 1. The number of aryl methyl sites for hydroxylation is 1. The molecule has 0 aliphatic carbocycles. The normalized spacial score (nSPS) is 19.6. The van der Waals surface area contributed by atoms with Gasteiger partial charge >= 0.3 is 0 Å². The Morgan fingerprint density at radius 3 is 2.94 bits per heavy atom. The maximum atomic E-state index is 13.5. The SMILES string of the molecule is CCc1ccc(N[C@@H]2CCNC2=O)cc1F. The molecule has 0 saturated carbocycles. The summed E-state index contributed by atoms with van der Waals surface area (Å²) in [7, 11) is 0. The molecule has 4 heteroatoms. The number of rotatable bonds is 3. The predicted octanol–water partition coefficient (Wildman–Crippen LogP) is 1.69. The lowest BCUT2D eigenvalue weighted by Crippen LogP contribution is -2.29. The minimum atomic E-state index is -0.230. The summed E-state index contributed by atoms with van der Waals surface area (Å²) in [5.74, 6) is -0.231. The Morgan fingerprint density at radius 2 is 2.38 bits per heavy atom. The molecule has 1 fully saturated rings. The van der Waals surface area contributed by atoms with Crippen LogP contribution in [0.4, 0.5) is 10.1 Å². The zero-order valence-electron chi connectivity index (χ0n) is 9.22. The van der Waals surface area contributed by atoms with Gasteiger partial charge in [-0.05, 0) is 30.5 Å². The van der Waals surface area contributed by atoms with Gasteiger partial charge in [0.15, 0.2) is 0 Å². The van der Waals surface area contributed by atoms with Crippen LogP contribution in [0.3, 0.4) is 0 Å². The van der Waals surface area contributed by atoms with Crippen LogP contribution < -0.4 is 10.6 Å². The van der Waals surface area contributed by atoms with E-state index < -0.39 is 0 Å². The minimum Gasteiger partial charge on any atom is -0.374 e. The zero-order chi connectivity index (χ0) is 11.5. The topological polar surface area (TPSA) is 41.1 Å². The van der Waals surface area contributed by atoms with Gasteiger partial charge in [-0.15, -0.1) is 0 Å². The maximum absolute atomic E-state index is 13.5. The molecule has 1 aliphatic heterocycles. The first-order chi connectivity index (χ1) is 7.70. The number of hydrogen-bond acceptors (Lipinski definition) is 2. The lowest BCUT2D eigenvalue weighted by atomic mass is 10.1. The number of anilines is 1. The van der Waals surface area contributed by atoms with Crippen molar-refractivity contribution in [2.45, 2.75) is 25.8 Å². The number of amides is 1. The highest BCUT2D eigenvalue weighted by atomic mass is 19.1. The lowest BCUT2D eigenvalue weighted by Gasteiger charge is -2.12. The van der Waals surface area contributed by atoms with E-state index in [1.165, 1.54) is 6.07 Å². The van der Waals surface area contributed by atoms with Crippen LogP contribution in [0.1, 0.15) is 18.9 Å². The second-order valence-corrected chi connectivity index (χ2v) is 3.94. The largest absolute Gasteiger partial charge is 0.374 e. The van der Waals surface area contributed by atoms with Crippen molar-refractivity contribution in [3.05, 3.63) is 29.6 Å². The number of carbonyl (C=O) groups is 1. The smallest absolute Gasteiger partial charge is 0.242 e. The van der Waals surface area contributed by atoms with Gasteiger partial charge < -0.3 is 10.6 Å². The van der Waals surface area contributed by atoms with Gasteiger partial charge in [-0.25, -0.2) is 4.39 Å². The van der Waals surface area contributed by atoms with E-state index in [4.69, 9.17) is 0 Å². The number of carbonyl (C=O) groups excluding carboxylic acids is 1. The molecule has 1 atom stereocenters. The van der Waals surface area contributed by atoms with Crippen molar-refractivity contribution in [1.29, 1.82) is 0 Å². The van der Waals surface area contributed by atoms with Crippen molar-refractivity contribution in [2.75, 3.05) is 11.9 Å². The molecule has 16 heavy (non-hydrogen) atoms. The molecule has 0 spiro atoms. The Kier molecular flexibility index (Phi) is 3.08. The molecule has 2 N–H and O–H groups in total. The lowest BCUT2D eigenvalue weighted by molar-refractivity contribution is -0.119. The summed E-state index contributed by atoms with van der Waals surface area (Å²) in [6.45, 7) is 2.60. The highest BCUT2D eigenvalue weighted by molar-refractivity contribution is 5.86. The van der Waals surface area contributed by atoms with Gasteiger partial charge in [0.25, 0.3) is 0 Å². The molecule has 1 aromatic carbocycles. The van der Waals surface area contributed by atoms with Crippen molar-refractivity contribution < 1.29 is 9.18 Å². The Hall–Kier alpha value is -1.58. The van der Waals surface area contributed by atoms with E-state index in [-0.39, 0.29) is 17.8 Å². The number of hydrogen-bond donors (Lipinski definition) is 2. The van der Waals surface area contributed by atoms with Crippen LogP contribution in [0.25, 0.3) is 0 Å². The van der Waals surface area contributed by atoms with Gasteiger partial charge in [0.05, 0.1) is 0 Å². The van der Waals surface area contributed by atoms with Crippen molar-refractivity contribution in [3.63, 3.8) is 0 Å². The molecule has 0 unspecified atom stereocenters. The van der Waals surface area contributed by atoms with Crippen LogP contribution in [0.15, 0.2) is 18.2 Å². The summed E-state index contributed by atoms with van der Waals surface area (Å²) in [6.07, 6.45) is 1.42. The molecule has 1 aliphatic rings. The van der Waals surface area contributed by atoms with E-state index in [0.717, 1.165) is 6.42 Å². The summed E-state index contributed by atoms with van der Waals surface area (Å²) in [6, 6.07) is 4.79. The van der Waals surface area contributed by atoms with Gasteiger partial charge in [-0.2, -0.15) is 0 Å². The third-order valence-electron chi connectivity index (χ3n) is 2.82. The first-order valence-electron chi connectivity index (χ1n) is 5.53. The number of benzene rings is 1. The molecule has 1 heterocycles. The maximum Gasteiger partial charge on any atom is 0.242 e. The first kappa shape index (κ1) is 10.9. The van der Waals surface area contributed by atoms with Gasteiger partial charge in [0, 0.05) is 12.2 Å². The van der Waals surface area contributed by atoms with E-state index in [0.29, 0.717) is 24.2 Å². The fraction of sp³-hybridized carbons (Fsp3) is 0.417. The monoisotopic (exact) mass is 222 g/mol. The summed E-state index contributed by atoms with van der Waals surface area (Å²) >= 11 is 0. The highest BCUT2D eigenvalue weighted by Gasteiger charge is 2.23. The van der Waals surface area contributed by atoms with Gasteiger partial charge in [0.1, 0.15) is 11.9 Å². The second-order valence-electron chi connectivity index (χ2n) is 3.94. The Morgan fingerprint density at radius 1 is 1.56 bits per heavy atom. The van der Waals surface area contributed by atoms with Crippen LogP contribution in [0, 0.1) is 5.82 Å². The molecule has 1 saturated heterocycles. The van der Waals surface area contributed by atoms with E-state index in [1.54, 1.807) is 6.07 Å². The molecular formula is C12H15FN2O. The van der Waals surface area contributed by atoms with Crippen molar-refractivity contribution in [1.82, 2.24) is 5.32 Å². The van der Waals surface area contributed by atoms with Crippen LogP contribution in [-0.2, 0) is 11.2 Å². The third kappa shape index (κ3) is 2.15. The first-order valence-corrected chi connectivity index (χ1v) is 5.53. The molecule has 0 bridgehead atoms. The van der Waals surface area contributed by atoms with Crippen LogP contribution in [0.2, 0.25) is 0 Å². The Balaban J connectivity index is 2.10. The molecule has 3 nitrogen and oxygen atoms in total. The minimum absolute atomic E-state index is 0.0139. The molecular weight excluding hydrogens is 207 g/mol. The van der Waals surface area contributed by atoms with E-state index in [1.807, 2.05) is 13.0 Å². The Labute approximate surface area is 94.0 Å². The quantitative estimate of drug-likeness (QED) is 0.817. The van der Waals surface area contributed by atoms with E-state index in [2.05, 4.69) is 10.6 Å². The summed E-state index contributed by atoms with van der Waals surface area (Å²) < 4.78 is 13.5. The molecule has 0 radical (unpaired) electrons. The van der Waals surface area contributed by atoms with Crippen LogP contribution in [0.5, 0.6) is 0 Å². The van der Waals surface area contributed by atoms with Crippen LogP contribution in [-0.4, -0.2) is 18.5 Å². The average molecular weight is 222 g/mol. The molecule has 0 aromatic heterocycles. The predicted molar refractivity (Wildman–Crippen MR) is 60.8 cm³/mol. The van der Waals surface area contributed by atoms with E-state index >= 15 is 0 Å². The van der Waals surface area contributed by atoms with Crippen LogP contribution >= 0.6 is 0 Å². The van der Waals surface area contributed by atoms with Crippen molar-refractivity contribution >= 4 is 11.6 Å². The molecule has 1 amide bonds. The standard InChI is InChI=1S/C12H15FN2O/c1-2-8-3-4-9(7-10(8)13)15-11-5-6-14-12(11)16/h3-4,7,11,15H,2,5-6H2,1H3,(H,14,16)/t11-/m1/s1. The van der Waals surface area contributed by atoms with E-state index in [9.17, 15) is 9.18 Å². The van der Waals surface area contributed by atoms with Gasteiger partial charge in [0.2, 0.25) is 5.91 Å². The van der Waals surface area contributed by atoms with Crippen molar-refractivity contribution in [2.24, 2.45) is 0 Å². The highest BCUT2D eigenvalue weighted by Crippen LogP contribution is 2.17. The fourth-order valence-electron chi connectivity index (χ4n) is 1.86. The average Bonchev–Trinajstić information content (AvgIpc) is 2.65. The molecule has 2 rings (SSSR count). The summed E-state index contributed by atoms with van der Waals surface area (Å²) in [4.78, 5) is 11.3. The second kappa shape index (κ2) is 4.51. The van der Waals surface area contributed by atoms with Gasteiger partial charge in [-0.1, -0.05) is 13.0 Å². The Bertz CT molecular complexity index is 406. The van der Waals surface area contributed by atoms with Crippen molar-refractivity contribution in [3.8, 4) is 0 Å².